The second-order valence-corrected chi connectivity index (χ2v) is 12.9. The van der Waals surface area contributed by atoms with Crippen molar-refractivity contribution >= 4 is 51.7 Å². The summed E-state index contributed by atoms with van der Waals surface area (Å²) in [7, 11) is 4.60. The zero-order valence-electron chi connectivity index (χ0n) is 27.5. The lowest BCUT2D eigenvalue weighted by Gasteiger charge is -2.27. The SMILES string of the molecule is CCCC1=C(C(=O)OCC)[C@H](c2cc(OC)ccc2OC)n2c(s/c(=C\c3cc(I)c(OCc4ccc([N+](=O)[O-])cc4)c(OC)c3)c2=O)=N1. The predicted octanol–water partition coefficient (Wildman–Crippen LogP) is 5.70. The van der Waals surface area contributed by atoms with Gasteiger partial charge in [-0.1, -0.05) is 24.7 Å². The summed E-state index contributed by atoms with van der Waals surface area (Å²) in [5.74, 6) is 1.40. The van der Waals surface area contributed by atoms with Crippen LogP contribution in [0, 0.1) is 13.7 Å². The zero-order valence-corrected chi connectivity index (χ0v) is 30.5. The van der Waals surface area contributed by atoms with Gasteiger partial charge in [0.05, 0.1) is 52.2 Å². The van der Waals surface area contributed by atoms with Gasteiger partial charge in [0.25, 0.3) is 11.2 Å². The van der Waals surface area contributed by atoms with E-state index in [2.05, 4.69) is 22.6 Å². The number of halogens is 1. The molecule has 3 aromatic carbocycles. The number of fused-ring (bicyclic) bond motifs is 1. The molecule has 1 aromatic heterocycles. The fraction of sp³-hybridized carbons (Fsp3) is 0.286. The second kappa shape index (κ2) is 15.7. The van der Waals surface area contributed by atoms with Crippen molar-refractivity contribution in [2.75, 3.05) is 27.9 Å². The predicted molar refractivity (Wildman–Crippen MR) is 192 cm³/mol. The maximum absolute atomic E-state index is 14.3. The van der Waals surface area contributed by atoms with Crippen molar-refractivity contribution in [1.82, 2.24) is 4.57 Å². The highest BCUT2D eigenvalue weighted by Gasteiger charge is 2.36. The van der Waals surface area contributed by atoms with Crippen molar-refractivity contribution in [2.45, 2.75) is 39.3 Å². The standard InChI is InChI=1S/C35H34IN3O9S/c1-6-8-26-30(34(41)47-7-2)31(24-18-23(44-3)13-14-27(24)45-4)38-33(40)29(49-35(38)37-26)17-21-15-25(36)32(28(16-21)46-5)48-19-20-9-11-22(12-10-20)39(42)43/h9-18,31H,6-8,19H2,1-5H3/b29-17-/t31-/m0/s1. The summed E-state index contributed by atoms with van der Waals surface area (Å²) in [4.78, 5) is 43.7. The first-order chi connectivity index (χ1) is 23.6. The van der Waals surface area contributed by atoms with Gasteiger partial charge in [-0.05, 0) is 95.6 Å². The van der Waals surface area contributed by atoms with Crippen LogP contribution in [0.2, 0.25) is 0 Å². The molecule has 12 nitrogen and oxygen atoms in total. The van der Waals surface area contributed by atoms with Crippen molar-refractivity contribution in [3.8, 4) is 23.0 Å². The Hall–Kier alpha value is -4.70. The molecule has 0 aliphatic carbocycles. The molecule has 0 radical (unpaired) electrons. The molecule has 1 aliphatic rings. The average molecular weight is 800 g/mol. The molecule has 14 heteroatoms. The molecule has 0 saturated heterocycles. The van der Waals surface area contributed by atoms with Crippen molar-refractivity contribution in [1.29, 1.82) is 0 Å². The summed E-state index contributed by atoms with van der Waals surface area (Å²) in [6.45, 7) is 4.05. The summed E-state index contributed by atoms with van der Waals surface area (Å²) in [6, 6.07) is 14.1. The van der Waals surface area contributed by atoms with Gasteiger partial charge < -0.3 is 23.7 Å². The van der Waals surface area contributed by atoms with E-state index in [1.807, 2.05) is 13.0 Å². The quantitative estimate of drug-likeness (QED) is 0.0722. The van der Waals surface area contributed by atoms with Crippen LogP contribution in [0.5, 0.6) is 23.0 Å². The van der Waals surface area contributed by atoms with E-state index < -0.39 is 16.9 Å². The normalized spacial score (nSPS) is 14.2. The molecule has 0 fully saturated rings. The van der Waals surface area contributed by atoms with Crippen LogP contribution in [-0.2, 0) is 16.1 Å². The van der Waals surface area contributed by atoms with Gasteiger partial charge in [0, 0.05) is 17.7 Å². The molecule has 49 heavy (non-hydrogen) atoms. The lowest BCUT2D eigenvalue weighted by atomic mass is 9.93. The van der Waals surface area contributed by atoms with Crippen molar-refractivity contribution in [3.05, 3.63) is 116 Å². The molecular weight excluding hydrogens is 765 g/mol. The molecule has 5 rings (SSSR count). The number of carbonyl (C=O) groups is 1. The highest BCUT2D eigenvalue weighted by molar-refractivity contribution is 14.1. The monoisotopic (exact) mass is 799 g/mol. The summed E-state index contributed by atoms with van der Waals surface area (Å²) in [5.41, 5.74) is 2.48. The Bertz CT molecular complexity index is 2110. The van der Waals surface area contributed by atoms with Crippen LogP contribution in [0.25, 0.3) is 6.08 Å². The summed E-state index contributed by atoms with van der Waals surface area (Å²) in [5, 5.41) is 11.0. The van der Waals surface area contributed by atoms with Crippen LogP contribution in [0.15, 0.2) is 75.7 Å². The minimum absolute atomic E-state index is 0.00167. The molecule has 4 aromatic rings. The second-order valence-electron chi connectivity index (χ2n) is 10.8. The third-order valence-electron chi connectivity index (χ3n) is 7.70. The third-order valence-corrected chi connectivity index (χ3v) is 9.49. The van der Waals surface area contributed by atoms with Gasteiger partial charge in [-0.15, -0.1) is 0 Å². The molecule has 0 amide bonds. The van der Waals surface area contributed by atoms with E-state index in [1.54, 1.807) is 56.5 Å². The highest BCUT2D eigenvalue weighted by Crippen LogP contribution is 2.39. The first-order valence-electron chi connectivity index (χ1n) is 15.3. The number of hydrogen-bond donors (Lipinski definition) is 0. The van der Waals surface area contributed by atoms with E-state index in [9.17, 15) is 19.7 Å². The number of benzene rings is 3. The molecule has 0 bridgehead atoms. The molecule has 1 aliphatic heterocycles. The Morgan fingerprint density at radius 2 is 1.78 bits per heavy atom. The van der Waals surface area contributed by atoms with E-state index in [1.165, 1.54) is 42.3 Å². The topological polar surface area (TPSA) is 141 Å². The Morgan fingerprint density at radius 1 is 1.04 bits per heavy atom. The summed E-state index contributed by atoms with van der Waals surface area (Å²) in [6.07, 6.45) is 2.97. The van der Waals surface area contributed by atoms with Gasteiger partial charge in [-0.3, -0.25) is 19.5 Å². The van der Waals surface area contributed by atoms with E-state index in [4.69, 9.17) is 28.7 Å². The molecule has 0 N–H and O–H groups in total. The minimum atomic E-state index is -0.881. The Labute approximate surface area is 299 Å². The van der Waals surface area contributed by atoms with E-state index in [-0.39, 0.29) is 30.0 Å². The van der Waals surface area contributed by atoms with Crippen molar-refractivity contribution in [3.63, 3.8) is 0 Å². The molecular formula is C35H34IN3O9S. The molecule has 0 spiro atoms. The maximum atomic E-state index is 14.3. The van der Waals surface area contributed by atoms with Gasteiger partial charge in [0.1, 0.15) is 24.1 Å². The lowest BCUT2D eigenvalue weighted by molar-refractivity contribution is -0.384. The molecule has 1 atom stereocenters. The Morgan fingerprint density at radius 3 is 2.41 bits per heavy atom. The largest absolute Gasteiger partial charge is 0.497 e. The Balaban J connectivity index is 1.62. The number of methoxy groups -OCH3 is 3. The van der Waals surface area contributed by atoms with Crippen molar-refractivity contribution in [2.24, 2.45) is 4.99 Å². The van der Waals surface area contributed by atoms with Crippen LogP contribution < -0.4 is 33.8 Å². The van der Waals surface area contributed by atoms with Gasteiger partial charge in [-0.2, -0.15) is 0 Å². The van der Waals surface area contributed by atoms with Gasteiger partial charge >= 0.3 is 5.97 Å². The third kappa shape index (κ3) is 7.49. The van der Waals surface area contributed by atoms with Gasteiger partial charge in [-0.25, -0.2) is 9.79 Å². The number of carbonyl (C=O) groups excluding carboxylic acids is 1. The smallest absolute Gasteiger partial charge is 0.338 e. The molecule has 0 unspecified atom stereocenters. The van der Waals surface area contributed by atoms with Crippen LogP contribution in [0.4, 0.5) is 5.69 Å². The number of non-ortho nitro benzene ring substituents is 1. The highest BCUT2D eigenvalue weighted by atomic mass is 127. The number of nitro groups is 1. The van der Waals surface area contributed by atoms with Crippen LogP contribution in [0.3, 0.4) is 0 Å². The number of nitro benzene ring substituents is 1. The number of thiazole rings is 1. The van der Waals surface area contributed by atoms with E-state index >= 15 is 0 Å². The molecule has 256 valence electrons. The number of esters is 1. The summed E-state index contributed by atoms with van der Waals surface area (Å²) < 4.78 is 31.1. The number of nitrogens with zero attached hydrogens (tertiary/aromatic N) is 3. The van der Waals surface area contributed by atoms with E-state index in [0.29, 0.717) is 55.6 Å². The van der Waals surface area contributed by atoms with Crippen LogP contribution in [-0.4, -0.2) is 43.4 Å². The van der Waals surface area contributed by atoms with Gasteiger partial charge in [0.15, 0.2) is 16.3 Å². The number of hydrogen-bond acceptors (Lipinski definition) is 11. The molecule has 0 saturated carbocycles. The molecule has 2 heterocycles. The fourth-order valence-electron chi connectivity index (χ4n) is 5.45. The van der Waals surface area contributed by atoms with Crippen LogP contribution in [0.1, 0.15) is 49.4 Å². The number of rotatable bonds is 13. The average Bonchev–Trinajstić information content (AvgIpc) is 3.40. The van der Waals surface area contributed by atoms with Crippen LogP contribution >= 0.6 is 33.9 Å². The fourth-order valence-corrected chi connectivity index (χ4v) is 7.25. The zero-order chi connectivity index (χ0) is 35.2. The minimum Gasteiger partial charge on any atom is -0.497 e. The van der Waals surface area contributed by atoms with Crippen molar-refractivity contribution < 1.29 is 33.4 Å². The van der Waals surface area contributed by atoms with E-state index in [0.717, 1.165) is 15.6 Å². The first kappa shape index (κ1) is 35.6. The maximum Gasteiger partial charge on any atom is 0.338 e. The lowest BCUT2D eigenvalue weighted by Crippen LogP contribution is -2.40. The number of aromatic nitrogens is 1. The first-order valence-corrected chi connectivity index (χ1v) is 17.2. The van der Waals surface area contributed by atoms with Gasteiger partial charge in [0.2, 0.25) is 0 Å². The number of allylic oxidation sites excluding steroid dienone is 1. The number of ether oxygens (including phenoxy) is 5. The summed E-state index contributed by atoms with van der Waals surface area (Å²) >= 11 is 3.35. The Kier molecular flexibility index (Phi) is 11.4.